The normalized spacial score (nSPS) is 12.0. The number of ketones is 1. The van der Waals surface area contributed by atoms with Gasteiger partial charge in [0.2, 0.25) is 10.0 Å². The molecule has 0 saturated heterocycles. The highest BCUT2D eigenvalue weighted by Gasteiger charge is 2.22. The summed E-state index contributed by atoms with van der Waals surface area (Å²) in [7, 11) is -3.35. The van der Waals surface area contributed by atoms with E-state index in [1.54, 1.807) is 24.3 Å². The van der Waals surface area contributed by atoms with Gasteiger partial charge in [-0.2, -0.15) is 0 Å². The fourth-order valence-electron chi connectivity index (χ4n) is 2.26. The van der Waals surface area contributed by atoms with Crippen LogP contribution in [0.2, 0.25) is 0 Å². The van der Waals surface area contributed by atoms with Gasteiger partial charge >= 0.3 is 0 Å². The van der Waals surface area contributed by atoms with Crippen LogP contribution in [0.25, 0.3) is 11.1 Å². The van der Waals surface area contributed by atoms with Crippen molar-refractivity contribution >= 4 is 21.5 Å². The number of rotatable bonds is 4. The van der Waals surface area contributed by atoms with Crippen molar-refractivity contribution in [2.45, 2.75) is 20.8 Å². The van der Waals surface area contributed by atoms with Crippen molar-refractivity contribution in [1.82, 2.24) is 0 Å². The van der Waals surface area contributed by atoms with Crippen molar-refractivity contribution in [2.75, 3.05) is 11.0 Å². The molecule has 4 nitrogen and oxygen atoms in total. The molecular formula is C18H21NO3S. The van der Waals surface area contributed by atoms with Gasteiger partial charge in [0.15, 0.2) is 5.78 Å². The highest BCUT2D eigenvalue weighted by Crippen LogP contribution is 2.29. The van der Waals surface area contributed by atoms with Gasteiger partial charge in [-0.05, 0) is 11.6 Å². The van der Waals surface area contributed by atoms with Crippen molar-refractivity contribution in [1.29, 1.82) is 0 Å². The highest BCUT2D eigenvalue weighted by molar-refractivity contribution is 7.92. The first kappa shape index (κ1) is 17.2. The molecule has 5 heteroatoms. The summed E-state index contributed by atoms with van der Waals surface area (Å²) >= 11 is 0. The van der Waals surface area contributed by atoms with Gasteiger partial charge < -0.3 is 0 Å². The predicted octanol–water partition coefficient (Wildman–Crippen LogP) is 3.95. The first-order valence-corrected chi connectivity index (χ1v) is 9.19. The number of para-hydroxylation sites is 1. The van der Waals surface area contributed by atoms with Gasteiger partial charge in [0.1, 0.15) is 0 Å². The first-order chi connectivity index (χ1) is 10.6. The van der Waals surface area contributed by atoms with Crippen molar-refractivity contribution in [3.8, 4) is 11.1 Å². The molecular weight excluding hydrogens is 310 g/mol. The van der Waals surface area contributed by atoms with Crippen LogP contribution in [0, 0.1) is 5.41 Å². The fraction of sp³-hybridized carbons (Fsp3) is 0.278. The lowest BCUT2D eigenvalue weighted by Gasteiger charge is -2.17. The van der Waals surface area contributed by atoms with Crippen LogP contribution in [-0.4, -0.2) is 20.5 Å². The maximum Gasteiger partial charge on any atom is 0.229 e. The maximum absolute atomic E-state index is 12.3. The van der Waals surface area contributed by atoms with Gasteiger partial charge in [0.25, 0.3) is 0 Å². The standard InChI is InChI=1S/C18H21NO3S/c1-18(2,3)17(20)14-11-9-13(10-12-14)15-7-5-6-8-16(15)19-23(4,21)22/h5-12,19H,1-4H3. The lowest BCUT2D eigenvalue weighted by atomic mass is 9.86. The maximum atomic E-state index is 12.3. The number of carbonyl (C=O) groups is 1. The monoisotopic (exact) mass is 331 g/mol. The zero-order chi connectivity index (χ0) is 17.3. The molecule has 23 heavy (non-hydrogen) atoms. The topological polar surface area (TPSA) is 63.2 Å². The molecule has 2 rings (SSSR count). The van der Waals surface area contributed by atoms with Gasteiger partial charge in [-0.1, -0.05) is 63.2 Å². The zero-order valence-electron chi connectivity index (χ0n) is 13.8. The largest absolute Gasteiger partial charge is 0.294 e. The van der Waals surface area contributed by atoms with Crippen molar-refractivity contribution in [3.63, 3.8) is 0 Å². The summed E-state index contributed by atoms with van der Waals surface area (Å²) in [5.74, 6) is 0.0756. The second-order valence-electron chi connectivity index (χ2n) is 6.58. The van der Waals surface area contributed by atoms with Gasteiger partial charge in [0, 0.05) is 16.5 Å². The molecule has 0 aliphatic heterocycles. The summed E-state index contributed by atoms with van der Waals surface area (Å²) in [6.45, 7) is 5.65. The van der Waals surface area contributed by atoms with E-state index in [0.29, 0.717) is 11.3 Å². The Hall–Kier alpha value is -2.14. The Morgan fingerprint density at radius 3 is 2.04 bits per heavy atom. The molecule has 0 saturated carbocycles. The number of sulfonamides is 1. The highest BCUT2D eigenvalue weighted by atomic mass is 32.2. The summed E-state index contributed by atoms with van der Waals surface area (Å²) in [4.78, 5) is 12.3. The molecule has 0 spiro atoms. The van der Waals surface area contributed by atoms with Crippen molar-refractivity contribution < 1.29 is 13.2 Å². The quantitative estimate of drug-likeness (QED) is 0.863. The summed E-state index contributed by atoms with van der Waals surface area (Å²) in [5, 5.41) is 0. The molecule has 0 fully saturated rings. The molecule has 0 aliphatic rings. The third-order valence-electron chi connectivity index (χ3n) is 3.36. The van der Waals surface area contributed by atoms with Crippen LogP contribution in [-0.2, 0) is 10.0 Å². The number of anilines is 1. The second-order valence-corrected chi connectivity index (χ2v) is 8.32. The summed E-state index contributed by atoms with van der Waals surface area (Å²) in [5.41, 5.74) is 2.35. The Bertz CT molecular complexity index is 816. The van der Waals surface area contributed by atoms with E-state index < -0.39 is 15.4 Å². The van der Waals surface area contributed by atoms with E-state index in [-0.39, 0.29) is 5.78 Å². The fourth-order valence-corrected chi connectivity index (χ4v) is 2.84. The lowest BCUT2D eigenvalue weighted by Crippen LogP contribution is -2.19. The van der Waals surface area contributed by atoms with E-state index in [1.165, 1.54) is 0 Å². The number of carbonyl (C=O) groups excluding carboxylic acids is 1. The van der Waals surface area contributed by atoms with Gasteiger partial charge in [-0.15, -0.1) is 0 Å². The van der Waals surface area contributed by atoms with Crippen LogP contribution in [0.1, 0.15) is 31.1 Å². The number of hydrogen-bond donors (Lipinski definition) is 1. The molecule has 0 amide bonds. The summed E-state index contributed by atoms with van der Waals surface area (Å²) < 4.78 is 25.5. The third kappa shape index (κ3) is 4.42. The second kappa shape index (κ2) is 6.16. The molecule has 0 atom stereocenters. The number of Topliss-reactive ketones (excluding diaryl/α,β-unsaturated/α-hetero) is 1. The number of nitrogens with one attached hydrogen (secondary N) is 1. The van der Waals surface area contributed by atoms with E-state index in [9.17, 15) is 13.2 Å². The van der Waals surface area contributed by atoms with Crippen LogP contribution in [0.5, 0.6) is 0 Å². The summed E-state index contributed by atoms with van der Waals surface area (Å²) in [6, 6.07) is 14.4. The SMILES string of the molecule is CC(C)(C)C(=O)c1ccc(-c2ccccc2NS(C)(=O)=O)cc1. The Kier molecular flexibility index (Phi) is 4.61. The van der Waals surface area contributed by atoms with E-state index >= 15 is 0 Å². The van der Waals surface area contributed by atoms with Crippen LogP contribution in [0.15, 0.2) is 48.5 Å². The van der Waals surface area contributed by atoms with E-state index in [0.717, 1.165) is 17.4 Å². The van der Waals surface area contributed by atoms with Gasteiger partial charge in [-0.25, -0.2) is 8.42 Å². The smallest absolute Gasteiger partial charge is 0.229 e. The predicted molar refractivity (Wildman–Crippen MR) is 94.1 cm³/mol. The van der Waals surface area contributed by atoms with Crippen LogP contribution in [0.3, 0.4) is 0 Å². The average Bonchev–Trinajstić information content (AvgIpc) is 2.45. The van der Waals surface area contributed by atoms with Crippen LogP contribution in [0.4, 0.5) is 5.69 Å². The first-order valence-electron chi connectivity index (χ1n) is 7.30. The Balaban J connectivity index is 2.39. The Labute approximate surface area is 137 Å². The Morgan fingerprint density at radius 2 is 1.52 bits per heavy atom. The molecule has 0 bridgehead atoms. The van der Waals surface area contributed by atoms with Gasteiger partial charge in [-0.3, -0.25) is 9.52 Å². The van der Waals surface area contributed by atoms with Gasteiger partial charge in [0.05, 0.1) is 11.9 Å². The average molecular weight is 331 g/mol. The van der Waals surface area contributed by atoms with E-state index in [1.807, 2.05) is 45.0 Å². The molecule has 0 aliphatic carbocycles. The van der Waals surface area contributed by atoms with Crippen molar-refractivity contribution in [2.24, 2.45) is 5.41 Å². The molecule has 0 heterocycles. The van der Waals surface area contributed by atoms with E-state index in [4.69, 9.17) is 0 Å². The minimum absolute atomic E-state index is 0.0756. The Morgan fingerprint density at radius 1 is 0.957 bits per heavy atom. The molecule has 1 N–H and O–H groups in total. The number of hydrogen-bond acceptors (Lipinski definition) is 3. The summed E-state index contributed by atoms with van der Waals surface area (Å²) in [6.07, 6.45) is 1.12. The third-order valence-corrected chi connectivity index (χ3v) is 3.95. The molecule has 0 unspecified atom stereocenters. The molecule has 122 valence electrons. The zero-order valence-corrected chi connectivity index (χ0v) is 14.6. The van der Waals surface area contributed by atoms with Crippen LogP contribution < -0.4 is 4.72 Å². The molecule has 0 aromatic heterocycles. The number of benzene rings is 2. The van der Waals surface area contributed by atoms with Crippen LogP contribution >= 0.6 is 0 Å². The molecule has 2 aromatic carbocycles. The minimum Gasteiger partial charge on any atom is -0.294 e. The lowest BCUT2D eigenvalue weighted by molar-refractivity contribution is 0.0858. The molecule has 2 aromatic rings. The molecule has 0 radical (unpaired) electrons. The minimum atomic E-state index is -3.35. The van der Waals surface area contributed by atoms with Crippen molar-refractivity contribution in [3.05, 3.63) is 54.1 Å². The van der Waals surface area contributed by atoms with E-state index in [2.05, 4.69) is 4.72 Å².